The fraction of sp³-hybridized carbons (Fsp3) is 0.464. The van der Waals surface area contributed by atoms with Gasteiger partial charge in [-0.1, -0.05) is 40.7 Å². The van der Waals surface area contributed by atoms with Gasteiger partial charge in [0.05, 0.1) is 11.0 Å². The first-order valence-electron chi connectivity index (χ1n) is 13.7. The van der Waals surface area contributed by atoms with Gasteiger partial charge < -0.3 is 15.2 Å². The number of nitrogens with one attached hydrogen (secondary N) is 4. The molecule has 0 spiro atoms. The Hall–Kier alpha value is -3.73. The van der Waals surface area contributed by atoms with Gasteiger partial charge in [-0.3, -0.25) is 14.6 Å². The zero-order chi connectivity index (χ0) is 28.4. The Balaban J connectivity index is 0.00000205. The third-order valence-corrected chi connectivity index (χ3v) is 7.36. The number of imidazole rings is 1. The summed E-state index contributed by atoms with van der Waals surface area (Å²) < 4.78 is 2.31. The smallest absolute Gasteiger partial charge is 0.340 e. The lowest BCUT2D eigenvalue weighted by Crippen LogP contribution is -2.46. The van der Waals surface area contributed by atoms with E-state index in [1.54, 1.807) is 23.5 Å². The molecule has 0 bridgehead atoms. The molecule has 3 aromatic heterocycles. The topological polar surface area (TPSA) is 138 Å². The second-order valence-corrected chi connectivity index (χ2v) is 9.96. The molecule has 4 aromatic rings. The summed E-state index contributed by atoms with van der Waals surface area (Å²) in [7, 11) is 0. The van der Waals surface area contributed by atoms with E-state index in [0.717, 1.165) is 36.1 Å². The second-order valence-electron chi connectivity index (χ2n) is 8.93. The summed E-state index contributed by atoms with van der Waals surface area (Å²) in [5, 5.41) is 13.8. The fourth-order valence-electron chi connectivity index (χ4n) is 4.49. The normalized spacial score (nSPS) is 11.7. The number of aromatic nitrogens is 5. The first kappa shape index (κ1) is 29.8. The van der Waals surface area contributed by atoms with E-state index < -0.39 is 6.04 Å². The number of benzene rings is 1. The number of rotatable bonds is 12. The molecule has 4 rings (SSSR count). The van der Waals surface area contributed by atoms with Crippen molar-refractivity contribution in [3.8, 4) is 0 Å². The van der Waals surface area contributed by atoms with Crippen LogP contribution in [0.5, 0.6) is 0 Å². The Labute approximate surface area is 232 Å². The van der Waals surface area contributed by atoms with Gasteiger partial charge in [-0.05, 0) is 48.9 Å². The first-order chi connectivity index (χ1) is 18.9. The van der Waals surface area contributed by atoms with Gasteiger partial charge in [0.1, 0.15) is 17.7 Å². The minimum atomic E-state index is -0.682. The average molecular weight is 554 g/mol. The second kappa shape index (κ2) is 14.4. The van der Waals surface area contributed by atoms with Crippen molar-refractivity contribution < 1.29 is 9.59 Å². The van der Waals surface area contributed by atoms with Crippen LogP contribution in [0, 0.1) is 0 Å². The number of aromatic amines is 2. The van der Waals surface area contributed by atoms with E-state index in [4.69, 9.17) is 4.98 Å². The van der Waals surface area contributed by atoms with E-state index in [1.807, 2.05) is 32.9 Å². The summed E-state index contributed by atoms with van der Waals surface area (Å²) in [6.07, 6.45) is 3.54. The zero-order valence-corrected chi connectivity index (χ0v) is 24.2. The van der Waals surface area contributed by atoms with Gasteiger partial charge in [0.25, 0.3) is 5.91 Å². The van der Waals surface area contributed by atoms with E-state index in [9.17, 15) is 14.4 Å². The van der Waals surface area contributed by atoms with Crippen LogP contribution in [0.1, 0.15) is 86.8 Å². The highest BCUT2D eigenvalue weighted by Crippen LogP contribution is 2.28. The lowest BCUT2D eigenvalue weighted by atomic mass is 10.1. The molecule has 39 heavy (non-hydrogen) atoms. The van der Waals surface area contributed by atoms with Gasteiger partial charge in [0.2, 0.25) is 5.91 Å². The first-order valence-corrected chi connectivity index (χ1v) is 14.6. The van der Waals surface area contributed by atoms with Crippen LogP contribution in [0.3, 0.4) is 0 Å². The molecule has 0 aliphatic heterocycles. The van der Waals surface area contributed by atoms with Crippen LogP contribution in [0.25, 0.3) is 11.0 Å². The maximum Gasteiger partial charge on any atom is 0.340 e. The van der Waals surface area contributed by atoms with Gasteiger partial charge in [0.15, 0.2) is 0 Å². The van der Waals surface area contributed by atoms with Gasteiger partial charge in [-0.25, -0.2) is 14.9 Å². The molecule has 10 nitrogen and oxygen atoms in total. The Bertz CT molecular complexity index is 1400. The van der Waals surface area contributed by atoms with Crippen LogP contribution in [0.4, 0.5) is 0 Å². The maximum absolute atomic E-state index is 13.1. The van der Waals surface area contributed by atoms with E-state index in [2.05, 4.69) is 55.7 Å². The summed E-state index contributed by atoms with van der Waals surface area (Å²) in [5.41, 5.74) is 1.86. The Morgan fingerprint density at radius 2 is 1.87 bits per heavy atom. The minimum Gasteiger partial charge on any atom is -0.354 e. The third-order valence-electron chi connectivity index (χ3n) is 6.49. The van der Waals surface area contributed by atoms with Crippen LogP contribution in [-0.4, -0.2) is 49.1 Å². The number of hydrogen-bond acceptors (Lipinski definition) is 6. The molecule has 0 saturated heterocycles. The van der Waals surface area contributed by atoms with Gasteiger partial charge in [-0.2, -0.15) is 5.10 Å². The predicted molar refractivity (Wildman–Crippen MR) is 155 cm³/mol. The molecule has 0 aliphatic rings. The SMILES string of the molecule is CC.CCC(CC)n1c(Cc2cccs2)nc2cc(C(=O)N[C@@H](CC)C(=O)NCCc3n[nH]c(=O)[nH]3)ccc21. The van der Waals surface area contributed by atoms with Gasteiger partial charge >= 0.3 is 5.69 Å². The molecule has 3 heterocycles. The van der Waals surface area contributed by atoms with E-state index in [0.29, 0.717) is 36.8 Å². The summed E-state index contributed by atoms with van der Waals surface area (Å²) in [5.74, 6) is 0.846. The molecule has 0 aliphatic carbocycles. The van der Waals surface area contributed by atoms with Crippen molar-refractivity contribution in [1.29, 1.82) is 0 Å². The van der Waals surface area contributed by atoms with Crippen molar-refractivity contribution in [2.24, 2.45) is 0 Å². The molecule has 4 N–H and O–H groups in total. The van der Waals surface area contributed by atoms with Crippen molar-refractivity contribution in [2.75, 3.05) is 6.54 Å². The molecule has 0 radical (unpaired) electrons. The van der Waals surface area contributed by atoms with Gasteiger partial charge in [-0.15, -0.1) is 11.3 Å². The minimum absolute atomic E-state index is 0.286. The van der Waals surface area contributed by atoms with Crippen molar-refractivity contribution in [1.82, 2.24) is 35.4 Å². The molecule has 0 fully saturated rings. The van der Waals surface area contributed by atoms with Crippen LogP contribution >= 0.6 is 11.3 Å². The zero-order valence-electron chi connectivity index (χ0n) is 23.3. The lowest BCUT2D eigenvalue weighted by molar-refractivity contribution is -0.123. The third kappa shape index (κ3) is 7.44. The summed E-state index contributed by atoms with van der Waals surface area (Å²) in [6.45, 7) is 10.5. The average Bonchev–Trinajstić information content (AvgIpc) is 3.70. The highest BCUT2D eigenvalue weighted by molar-refractivity contribution is 7.09. The molecule has 1 atom stereocenters. The molecule has 1 aromatic carbocycles. The number of nitrogens with zero attached hydrogens (tertiary/aromatic N) is 3. The number of H-pyrrole nitrogens is 2. The van der Waals surface area contributed by atoms with Gasteiger partial charge in [0, 0.05) is 35.9 Å². The Morgan fingerprint density at radius 1 is 1.10 bits per heavy atom. The molecule has 0 saturated carbocycles. The summed E-state index contributed by atoms with van der Waals surface area (Å²) >= 11 is 1.71. The largest absolute Gasteiger partial charge is 0.354 e. The molecule has 11 heteroatoms. The van der Waals surface area contributed by atoms with Crippen LogP contribution in [0.2, 0.25) is 0 Å². The molecule has 2 amide bonds. The van der Waals surface area contributed by atoms with E-state index >= 15 is 0 Å². The fourth-order valence-corrected chi connectivity index (χ4v) is 5.19. The maximum atomic E-state index is 13.1. The van der Waals surface area contributed by atoms with Crippen LogP contribution < -0.4 is 16.3 Å². The molecule has 210 valence electrons. The Kier molecular flexibility index (Phi) is 11.0. The van der Waals surface area contributed by atoms with E-state index in [1.165, 1.54) is 4.88 Å². The highest BCUT2D eigenvalue weighted by Gasteiger charge is 2.22. The number of amides is 2. The van der Waals surface area contributed by atoms with Crippen molar-refractivity contribution >= 4 is 34.2 Å². The summed E-state index contributed by atoms with van der Waals surface area (Å²) in [6, 6.07) is 9.37. The monoisotopic (exact) mass is 553 g/mol. The van der Waals surface area contributed by atoms with Crippen LogP contribution in [0.15, 0.2) is 40.5 Å². The molecule has 0 unspecified atom stereocenters. The highest BCUT2D eigenvalue weighted by atomic mass is 32.1. The number of fused-ring (bicyclic) bond motifs is 1. The van der Waals surface area contributed by atoms with E-state index in [-0.39, 0.29) is 17.5 Å². The standard InChI is InChI=1S/C26H33N7O3S.C2H6/c1-4-17(5-2)33-21-10-9-16(14-20(21)28-23(33)15-18-8-7-13-37-18)24(34)29-19(6-3)25(35)27-12-11-22-30-26(36)32-31-22;1-2/h7-10,13-14,17,19H,4-6,11-12,15H2,1-3H3,(H,27,35)(H,29,34)(H2,30,31,32,36);1-2H3/t19-;/m0./s1. The summed E-state index contributed by atoms with van der Waals surface area (Å²) in [4.78, 5) is 45.6. The Morgan fingerprint density at radius 3 is 2.49 bits per heavy atom. The number of hydrogen-bond donors (Lipinski definition) is 4. The van der Waals surface area contributed by atoms with Crippen LogP contribution in [-0.2, 0) is 17.6 Å². The number of carbonyl (C=O) groups excluding carboxylic acids is 2. The number of thiophene rings is 1. The van der Waals surface area contributed by atoms with Crippen molar-refractivity contribution in [3.05, 3.63) is 68.3 Å². The molecular weight excluding hydrogens is 514 g/mol. The van der Waals surface area contributed by atoms with Crippen molar-refractivity contribution in [2.45, 2.75) is 78.8 Å². The quantitative estimate of drug-likeness (QED) is 0.207. The number of carbonyl (C=O) groups is 2. The lowest BCUT2D eigenvalue weighted by Gasteiger charge is -2.19. The predicted octanol–water partition coefficient (Wildman–Crippen LogP) is 4.35. The van der Waals surface area contributed by atoms with Crippen molar-refractivity contribution in [3.63, 3.8) is 0 Å². The molecular formula is C28H39N7O3S.